The number of nitrogens with one attached hydrogen (secondary N) is 1. The lowest BCUT2D eigenvalue weighted by Gasteiger charge is -1.97. The van der Waals surface area contributed by atoms with Gasteiger partial charge in [-0.1, -0.05) is 11.6 Å². The number of furan rings is 1. The molecule has 0 unspecified atom stereocenters. The van der Waals surface area contributed by atoms with Gasteiger partial charge in [-0.25, -0.2) is 4.98 Å². The zero-order chi connectivity index (χ0) is 16.5. The summed E-state index contributed by atoms with van der Waals surface area (Å²) in [6.07, 6.45) is 3.45. The number of amides is 1. The number of thiazole rings is 1. The van der Waals surface area contributed by atoms with Crippen LogP contribution in [-0.4, -0.2) is 15.9 Å². The van der Waals surface area contributed by atoms with Crippen LogP contribution in [0, 0.1) is 6.92 Å². The van der Waals surface area contributed by atoms with Gasteiger partial charge >= 0.3 is 0 Å². The van der Waals surface area contributed by atoms with Crippen molar-refractivity contribution in [3.63, 3.8) is 0 Å². The number of carbonyl (C=O) groups excluding carboxylic acids is 1. The number of rotatable bonds is 3. The zero-order valence-electron chi connectivity index (χ0n) is 12.8. The van der Waals surface area contributed by atoms with E-state index in [9.17, 15) is 4.79 Å². The molecular formula is C18H13N3O2S. The number of nitrogens with zero attached hydrogens (tertiary/aromatic N) is 2. The quantitative estimate of drug-likeness (QED) is 0.598. The number of pyridine rings is 1. The fraction of sp³-hybridized carbons (Fsp3) is 0.0556. The van der Waals surface area contributed by atoms with Crippen molar-refractivity contribution >= 4 is 33.3 Å². The molecule has 118 valence electrons. The third-order valence-corrected chi connectivity index (χ3v) is 4.34. The summed E-state index contributed by atoms with van der Waals surface area (Å²) in [5.41, 5.74) is 3.51. The van der Waals surface area contributed by atoms with Crippen molar-refractivity contribution in [1.29, 1.82) is 0 Å². The minimum Gasteiger partial charge on any atom is -0.451 e. The number of aryl methyl sites for hydroxylation is 1. The van der Waals surface area contributed by atoms with E-state index >= 15 is 0 Å². The summed E-state index contributed by atoms with van der Waals surface area (Å²) in [4.78, 5) is 20.9. The van der Waals surface area contributed by atoms with Crippen LogP contribution in [0.5, 0.6) is 0 Å². The van der Waals surface area contributed by atoms with Crippen LogP contribution in [0.25, 0.3) is 22.2 Å². The molecule has 3 heterocycles. The molecule has 4 aromatic rings. The van der Waals surface area contributed by atoms with Gasteiger partial charge in [-0.05, 0) is 37.3 Å². The Morgan fingerprint density at radius 2 is 2.17 bits per heavy atom. The Morgan fingerprint density at radius 3 is 3.00 bits per heavy atom. The van der Waals surface area contributed by atoms with E-state index in [0.717, 1.165) is 22.2 Å². The van der Waals surface area contributed by atoms with E-state index in [0.29, 0.717) is 10.7 Å². The van der Waals surface area contributed by atoms with Gasteiger partial charge in [-0.3, -0.25) is 15.1 Å². The molecule has 24 heavy (non-hydrogen) atoms. The number of benzene rings is 1. The summed E-state index contributed by atoms with van der Waals surface area (Å²) in [7, 11) is 0. The topological polar surface area (TPSA) is 68.0 Å². The molecule has 0 radical (unpaired) electrons. The summed E-state index contributed by atoms with van der Waals surface area (Å²) < 4.78 is 5.60. The molecule has 3 aromatic heterocycles. The van der Waals surface area contributed by atoms with Crippen LogP contribution in [0.2, 0.25) is 0 Å². The molecule has 0 saturated heterocycles. The first-order chi connectivity index (χ1) is 11.7. The van der Waals surface area contributed by atoms with Crippen LogP contribution in [0.1, 0.15) is 16.1 Å². The third kappa shape index (κ3) is 2.79. The molecule has 5 nitrogen and oxygen atoms in total. The van der Waals surface area contributed by atoms with Crippen LogP contribution < -0.4 is 5.32 Å². The highest BCUT2D eigenvalue weighted by atomic mass is 32.1. The van der Waals surface area contributed by atoms with Crippen molar-refractivity contribution in [2.24, 2.45) is 0 Å². The molecule has 0 saturated carbocycles. The Morgan fingerprint density at radius 1 is 1.25 bits per heavy atom. The Kier molecular flexibility index (Phi) is 3.59. The largest absolute Gasteiger partial charge is 0.451 e. The molecular weight excluding hydrogens is 322 g/mol. The van der Waals surface area contributed by atoms with E-state index < -0.39 is 0 Å². The highest BCUT2D eigenvalue weighted by Crippen LogP contribution is 2.25. The fourth-order valence-electron chi connectivity index (χ4n) is 2.41. The van der Waals surface area contributed by atoms with Crippen LogP contribution in [-0.2, 0) is 0 Å². The minimum atomic E-state index is -0.309. The normalized spacial score (nSPS) is 10.9. The maximum Gasteiger partial charge on any atom is 0.293 e. The van der Waals surface area contributed by atoms with Gasteiger partial charge in [0, 0.05) is 28.7 Å². The summed E-state index contributed by atoms with van der Waals surface area (Å²) >= 11 is 1.36. The summed E-state index contributed by atoms with van der Waals surface area (Å²) in [6.45, 7) is 2.00. The van der Waals surface area contributed by atoms with E-state index in [4.69, 9.17) is 4.42 Å². The van der Waals surface area contributed by atoms with E-state index in [1.54, 1.807) is 18.5 Å². The molecule has 0 atom stereocenters. The predicted molar refractivity (Wildman–Crippen MR) is 94.2 cm³/mol. The molecule has 0 spiro atoms. The van der Waals surface area contributed by atoms with Gasteiger partial charge in [-0.15, -0.1) is 11.3 Å². The number of hydrogen-bond donors (Lipinski definition) is 1. The van der Waals surface area contributed by atoms with Crippen LogP contribution in [0.3, 0.4) is 0 Å². The maximum absolute atomic E-state index is 12.4. The Labute approximate surface area is 142 Å². The molecule has 4 rings (SSSR count). The Hall–Kier alpha value is -2.99. The van der Waals surface area contributed by atoms with Crippen molar-refractivity contribution < 1.29 is 9.21 Å². The molecule has 6 heteroatoms. The van der Waals surface area contributed by atoms with Crippen molar-refractivity contribution in [2.75, 3.05) is 5.32 Å². The van der Waals surface area contributed by atoms with Gasteiger partial charge in [0.25, 0.3) is 5.91 Å². The second-order valence-electron chi connectivity index (χ2n) is 5.39. The lowest BCUT2D eigenvalue weighted by Crippen LogP contribution is -2.10. The highest BCUT2D eigenvalue weighted by Gasteiger charge is 2.14. The second-order valence-corrected chi connectivity index (χ2v) is 6.24. The first kappa shape index (κ1) is 14.6. The van der Waals surface area contributed by atoms with Crippen molar-refractivity contribution in [3.8, 4) is 11.3 Å². The number of fused-ring (bicyclic) bond motifs is 1. The van der Waals surface area contributed by atoms with Crippen molar-refractivity contribution in [3.05, 3.63) is 65.5 Å². The predicted octanol–water partition coefficient (Wildman–Crippen LogP) is 4.51. The van der Waals surface area contributed by atoms with Crippen molar-refractivity contribution in [2.45, 2.75) is 6.92 Å². The van der Waals surface area contributed by atoms with Gasteiger partial charge in [0.1, 0.15) is 5.58 Å². The lowest BCUT2D eigenvalue weighted by atomic mass is 10.2. The second kappa shape index (κ2) is 5.90. The van der Waals surface area contributed by atoms with Crippen LogP contribution in [0.15, 0.2) is 58.6 Å². The molecule has 1 aromatic carbocycles. The van der Waals surface area contributed by atoms with E-state index in [2.05, 4.69) is 15.3 Å². The number of anilines is 1. The van der Waals surface area contributed by atoms with E-state index in [1.807, 2.05) is 42.6 Å². The zero-order valence-corrected chi connectivity index (χ0v) is 13.6. The molecule has 1 amide bonds. The average Bonchev–Trinajstić information content (AvgIpc) is 3.22. The van der Waals surface area contributed by atoms with Crippen LogP contribution in [0.4, 0.5) is 5.13 Å². The number of carbonyl (C=O) groups is 1. The van der Waals surface area contributed by atoms with Gasteiger partial charge in [0.15, 0.2) is 10.9 Å². The Balaban J connectivity index is 1.56. The van der Waals surface area contributed by atoms with E-state index in [-0.39, 0.29) is 11.7 Å². The first-order valence-electron chi connectivity index (χ1n) is 7.36. The smallest absolute Gasteiger partial charge is 0.293 e. The molecule has 1 N–H and O–H groups in total. The van der Waals surface area contributed by atoms with Gasteiger partial charge < -0.3 is 4.42 Å². The fourth-order valence-corrected chi connectivity index (χ4v) is 3.13. The standard InChI is InChI=1S/C18H13N3O2S/c1-11-4-5-15-13(7-11)8-16(23-15)17(22)21-18-20-14(10-24-18)12-3-2-6-19-9-12/h2-10H,1H3,(H,20,21,22). The Bertz CT molecular complexity index is 1020. The maximum atomic E-state index is 12.4. The lowest BCUT2D eigenvalue weighted by molar-refractivity contribution is 0.0998. The SMILES string of the molecule is Cc1ccc2oc(C(=O)Nc3nc(-c4cccnc4)cs3)cc2c1. The van der Waals surface area contributed by atoms with E-state index in [1.165, 1.54) is 11.3 Å². The molecule has 0 fully saturated rings. The van der Waals surface area contributed by atoms with Crippen LogP contribution >= 0.6 is 11.3 Å². The third-order valence-electron chi connectivity index (χ3n) is 3.58. The summed E-state index contributed by atoms with van der Waals surface area (Å²) in [5, 5.41) is 6.10. The van der Waals surface area contributed by atoms with Gasteiger partial charge in [-0.2, -0.15) is 0 Å². The first-order valence-corrected chi connectivity index (χ1v) is 8.24. The molecule has 0 aliphatic rings. The molecule has 0 aliphatic heterocycles. The number of hydrogen-bond acceptors (Lipinski definition) is 5. The summed E-state index contributed by atoms with van der Waals surface area (Å²) in [5.74, 6) is -0.0373. The van der Waals surface area contributed by atoms with Gasteiger partial charge in [0.05, 0.1) is 5.69 Å². The monoisotopic (exact) mass is 335 g/mol. The molecule has 0 aliphatic carbocycles. The summed E-state index contributed by atoms with van der Waals surface area (Å²) in [6, 6.07) is 11.3. The van der Waals surface area contributed by atoms with Gasteiger partial charge in [0.2, 0.25) is 0 Å². The highest BCUT2D eigenvalue weighted by molar-refractivity contribution is 7.14. The number of aromatic nitrogens is 2. The minimum absolute atomic E-state index is 0.272. The van der Waals surface area contributed by atoms with Crippen molar-refractivity contribution in [1.82, 2.24) is 9.97 Å². The molecule has 0 bridgehead atoms. The average molecular weight is 335 g/mol.